The predicted molar refractivity (Wildman–Crippen MR) is 111 cm³/mol. The Morgan fingerprint density at radius 3 is 2.90 bits per heavy atom. The molecule has 3 heterocycles. The van der Waals surface area contributed by atoms with E-state index in [0.717, 1.165) is 37.2 Å². The van der Waals surface area contributed by atoms with Crippen LogP contribution in [0.5, 0.6) is 0 Å². The minimum atomic E-state index is -0.114. The van der Waals surface area contributed by atoms with Gasteiger partial charge in [-0.3, -0.25) is 24.5 Å². The van der Waals surface area contributed by atoms with Crippen molar-refractivity contribution in [3.8, 4) is 0 Å². The second-order valence-electron chi connectivity index (χ2n) is 7.40. The molecule has 1 aliphatic rings. The molecule has 1 saturated heterocycles. The van der Waals surface area contributed by atoms with E-state index < -0.39 is 0 Å². The Morgan fingerprint density at radius 1 is 1.17 bits per heavy atom. The summed E-state index contributed by atoms with van der Waals surface area (Å²) in [6, 6.07) is 9.64. The summed E-state index contributed by atoms with van der Waals surface area (Å²) in [5.74, 6) is -0.0453. The molecule has 0 radical (unpaired) electrons. The maximum Gasteiger partial charge on any atom is 0.223 e. The zero-order valence-corrected chi connectivity index (χ0v) is 16.7. The number of hydrogen-bond donors (Lipinski definition) is 2. The molecule has 7 heteroatoms. The van der Waals surface area contributed by atoms with Crippen LogP contribution in [-0.4, -0.2) is 46.3 Å². The van der Waals surface area contributed by atoms with E-state index in [2.05, 4.69) is 25.5 Å². The van der Waals surface area contributed by atoms with Crippen molar-refractivity contribution in [2.45, 2.75) is 38.8 Å². The van der Waals surface area contributed by atoms with Crippen LogP contribution in [0.4, 0.5) is 0 Å². The molecule has 0 spiro atoms. The lowest BCUT2D eigenvalue weighted by Gasteiger charge is -2.22. The Morgan fingerprint density at radius 2 is 2.10 bits per heavy atom. The van der Waals surface area contributed by atoms with Gasteiger partial charge in [0.15, 0.2) is 0 Å². The lowest BCUT2D eigenvalue weighted by atomic mass is 9.98. The third kappa shape index (κ3) is 7.27. The molecule has 1 fully saturated rings. The monoisotopic (exact) mass is 395 g/mol. The number of nitrogens with zero attached hydrogens (tertiary/aromatic N) is 3. The van der Waals surface area contributed by atoms with Gasteiger partial charge >= 0.3 is 0 Å². The van der Waals surface area contributed by atoms with Gasteiger partial charge in [0.05, 0.1) is 12.2 Å². The first-order valence-corrected chi connectivity index (χ1v) is 10.3. The number of nitrogens with one attached hydrogen (secondary N) is 2. The molecule has 2 aromatic heterocycles. The molecule has 0 saturated carbocycles. The van der Waals surface area contributed by atoms with Gasteiger partial charge in [-0.05, 0) is 49.6 Å². The van der Waals surface area contributed by atoms with Crippen molar-refractivity contribution in [3.63, 3.8) is 0 Å². The molecule has 7 nitrogen and oxygen atoms in total. The molecule has 2 amide bonds. The lowest BCUT2D eigenvalue weighted by Crippen LogP contribution is -2.33. The van der Waals surface area contributed by atoms with Crippen LogP contribution in [0.3, 0.4) is 0 Å². The Labute approximate surface area is 171 Å². The van der Waals surface area contributed by atoms with Gasteiger partial charge < -0.3 is 10.6 Å². The zero-order chi connectivity index (χ0) is 20.3. The predicted octanol–water partition coefficient (Wildman–Crippen LogP) is 1.90. The van der Waals surface area contributed by atoms with E-state index in [1.54, 1.807) is 12.4 Å². The Hall–Kier alpha value is -2.80. The summed E-state index contributed by atoms with van der Waals surface area (Å²) >= 11 is 0. The number of rotatable bonds is 5. The molecule has 2 N–H and O–H groups in total. The number of pyridine rings is 2. The van der Waals surface area contributed by atoms with Gasteiger partial charge in [-0.25, -0.2) is 0 Å². The van der Waals surface area contributed by atoms with E-state index in [-0.39, 0.29) is 17.7 Å². The maximum atomic E-state index is 12.7. The van der Waals surface area contributed by atoms with Crippen LogP contribution in [0.15, 0.2) is 48.9 Å². The van der Waals surface area contributed by atoms with E-state index >= 15 is 0 Å². The highest BCUT2D eigenvalue weighted by atomic mass is 16.2. The molecular formula is C22H29N5O2. The zero-order valence-electron chi connectivity index (χ0n) is 16.7. The lowest BCUT2D eigenvalue weighted by molar-refractivity contribution is -0.126. The van der Waals surface area contributed by atoms with Crippen LogP contribution < -0.4 is 10.6 Å². The Bertz CT molecular complexity index is 769. The number of aromatic nitrogens is 2. The third-order valence-corrected chi connectivity index (χ3v) is 5.17. The minimum Gasteiger partial charge on any atom is -0.356 e. The van der Waals surface area contributed by atoms with Crippen LogP contribution in [0.2, 0.25) is 0 Å². The van der Waals surface area contributed by atoms with Gasteiger partial charge in [0.25, 0.3) is 0 Å². The van der Waals surface area contributed by atoms with E-state index in [9.17, 15) is 9.59 Å². The van der Waals surface area contributed by atoms with Crippen LogP contribution in [0.1, 0.15) is 36.9 Å². The summed E-state index contributed by atoms with van der Waals surface area (Å²) in [7, 11) is 0. The minimum absolute atomic E-state index is 0.0305. The summed E-state index contributed by atoms with van der Waals surface area (Å²) in [6.07, 6.45) is 8.18. The van der Waals surface area contributed by atoms with E-state index in [1.807, 2.05) is 36.5 Å². The molecule has 29 heavy (non-hydrogen) atoms. The van der Waals surface area contributed by atoms with Gasteiger partial charge in [-0.15, -0.1) is 0 Å². The van der Waals surface area contributed by atoms with E-state index in [0.29, 0.717) is 32.5 Å². The first-order valence-electron chi connectivity index (χ1n) is 10.3. The van der Waals surface area contributed by atoms with Gasteiger partial charge in [-0.2, -0.15) is 0 Å². The summed E-state index contributed by atoms with van der Waals surface area (Å²) < 4.78 is 0. The Balaban J connectivity index is 1.56. The molecule has 0 aliphatic carbocycles. The number of carbonyl (C=O) groups excluding carboxylic acids is 2. The topological polar surface area (TPSA) is 87.2 Å². The van der Waals surface area contributed by atoms with Gasteiger partial charge in [0.1, 0.15) is 0 Å². The summed E-state index contributed by atoms with van der Waals surface area (Å²) in [4.78, 5) is 35.5. The van der Waals surface area contributed by atoms with Crippen molar-refractivity contribution in [3.05, 3.63) is 60.2 Å². The maximum absolute atomic E-state index is 12.7. The van der Waals surface area contributed by atoms with Gasteiger partial charge in [0.2, 0.25) is 11.8 Å². The fourth-order valence-electron chi connectivity index (χ4n) is 3.55. The Kier molecular flexibility index (Phi) is 8.12. The van der Waals surface area contributed by atoms with Crippen LogP contribution in [-0.2, 0) is 22.7 Å². The molecule has 1 atom stereocenters. The molecule has 154 valence electrons. The van der Waals surface area contributed by atoms with Gasteiger partial charge in [-0.1, -0.05) is 12.1 Å². The smallest absolute Gasteiger partial charge is 0.223 e. The highest BCUT2D eigenvalue weighted by Crippen LogP contribution is 2.15. The van der Waals surface area contributed by atoms with Crippen molar-refractivity contribution in [1.82, 2.24) is 25.5 Å². The van der Waals surface area contributed by atoms with Crippen LogP contribution in [0.25, 0.3) is 0 Å². The van der Waals surface area contributed by atoms with Crippen molar-refractivity contribution in [1.29, 1.82) is 0 Å². The fraction of sp³-hybridized carbons (Fsp3) is 0.455. The van der Waals surface area contributed by atoms with Crippen molar-refractivity contribution >= 4 is 11.8 Å². The van der Waals surface area contributed by atoms with Crippen molar-refractivity contribution in [2.24, 2.45) is 5.92 Å². The quantitative estimate of drug-likeness (QED) is 0.807. The van der Waals surface area contributed by atoms with Crippen LogP contribution >= 0.6 is 0 Å². The highest BCUT2D eigenvalue weighted by Gasteiger charge is 2.20. The van der Waals surface area contributed by atoms with Gasteiger partial charge in [0, 0.05) is 50.6 Å². The van der Waals surface area contributed by atoms with E-state index in [1.165, 1.54) is 0 Å². The second-order valence-corrected chi connectivity index (χ2v) is 7.40. The summed E-state index contributed by atoms with van der Waals surface area (Å²) in [6.45, 7) is 3.28. The third-order valence-electron chi connectivity index (χ3n) is 5.17. The summed E-state index contributed by atoms with van der Waals surface area (Å²) in [5, 5.41) is 5.95. The molecule has 0 aromatic carbocycles. The number of hydrogen-bond acceptors (Lipinski definition) is 5. The van der Waals surface area contributed by atoms with Crippen molar-refractivity contribution in [2.75, 3.05) is 19.6 Å². The van der Waals surface area contributed by atoms with Crippen molar-refractivity contribution < 1.29 is 9.59 Å². The normalized spacial score (nSPS) is 19.0. The van der Waals surface area contributed by atoms with E-state index in [4.69, 9.17) is 0 Å². The SMILES string of the molecule is O=C1CCN(Cc2cccnc2)CCCC(C(=O)NCc2ccccn2)CCN1. The standard InChI is InChI=1S/C22H29N5O2/c28-21-9-14-27(17-18-5-3-10-23-15-18)13-4-6-19(8-12-25-21)22(29)26-16-20-7-1-2-11-24-20/h1-3,5,7,10-11,15,19H,4,6,8-9,12-14,16-17H2,(H,25,28)(H,26,29). The van der Waals surface area contributed by atoms with Crippen LogP contribution in [0, 0.1) is 5.92 Å². The molecule has 1 unspecified atom stereocenters. The number of carbonyl (C=O) groups is 2. The molecule has 1 aliphatic heterocycles. The first kappa shape index (κ1) is 20.9. The highest BCUT2D eigenvalue weighted by molar-refractivity contribution is 5.79. The fourth-order valence-corrected chi connectivity index (χ4v) is 3.55. The summed E-state index contributed by atoms with van der Waals surface area (Å²) in [5.41, 5.74) is 1.97. The average Bonchev–Trinajstić information content (AvgIpc) is 2.79. The molecule has 0 bridgehead atoms. The molecular weight excluding hydrogens is 366 g/mol. The molecule has 3 rings (SSSR count). The second kappa shape index (κ2) is 11.3. The first-order chi connectivity index (χ1) is 14.2. The molecule has 2 aromatic rings. The number of amides is 2. The average molecular weight is 396 g/mol. The largest absolute Gasteiger partial charge is 0.356 e.